The molecule has 0 bridgehead atoms. The lowest BCUT2D eigenvalue weighted by Gasteiger charge is -2.38. The van der Waals surface area contributed by atoms with E-state index in [0.717, 1.165) is 37.5 Å². The molecule has 2 aromatic rings. The third kappa shape index (κ3) is 6.02. The topological polar surface area (TPSA) is 45.4 Å². The average molecular weight is 411 g/mol. The second kappa shape index (κ2) is 10.4. The van der Waals surface area contributed by atoms with Crippen LogP contribution in [-0.2, 0) is 6.42 Å². The second-order valence-electron chi connectivity index (χ2n) is 9.55. The zero-order valence-electron chi connectivity index (χ0n) is 19.5. The molecule has 30 heavy (non-hydrogen) atoms. The molecule has 3 atom stereocenters. The highest BCUT2D eigenvalue weighted by Crippen LogP contribution is 2.39. The maximum atomic E-state index is 6.00. The molecule has 0 N–H and O–H groups in total. The van der Waals surface area contributed by atoms with E-state index in [2.05, 4.69) is 68.0 Å². The fraction of sp³-hybridized carbons (Fsp3) is 0.600. The molecule has 5 heteroatoms. The molecule has 0 radical (unpaired) electrons. The van der Waals surface area contributed by atoms with E-state index in [1.807, 2.05) is 30.3 Å². The third-order valence-corrected chi connectivity index (χ3v) is 6.44. The molecule has 0 spiro atoms. The minimum absolute atomic E-state index is 0.477. The van der Waals surface area contributed by atoms with Crippen LogP contribution in [0.15, 0.2) is 46.4 Å². The maximum absolute atomic E-state index is 6.00. The number of hydrogen-bond acceptors (Lipinski definition) is 5. The summed E-state index contributed by atoms with van der Waals surface area (Å²) in [6, 6.07) is 10.0. The number of benzene rings is 1. The summed E-state index contributed by atoms with van der Waals surface area (Å²) in [5.41, 5.74) is 2.45. The van der Waals surface area contributed by atoms with Gasteiger partial charge in [-0.25, -0.2) is 0 Å². The first-order chi connectivity index (χ1) is 14.3. The first kappa shape index (κ1) is 22.7. The van der Waals surface area contributed by atoms with Crippen LogP contribution in [0.25, 0.3) is 11.5 Å². The van der Waals surface area contributed by atoms with Crippen LogP contribution in [0.2, 0.25) is 0 Å². The van der Waals surface area contributed by atoms with Gasteiger partial charge in [-0.2, -0.15) is 0 Å². The van der Waals surface area contributed by atoms with Crippen molar-refractivity contribution in [2.45, 2.75) is 33.6 Å². The number of allylic oxidation sites excluding steroid dienone is 1. The van der Waals surface area contributed by atoms with Gasteiger partial charge in [0.05, 0.1) is 0 Å². The summed E-state index contributed by atoms with van der Waals surface area (Å²) in [4.78, 5) is 4.73. The van der Waals surface area contributed by atoms with Crippen molar-refractivity contribution in [1.82, 2.24) is 20.0 Å². The van der Waals surface area contributed by atoms with Crippen molar-refractivity contribution in [2.24, 2.45) is 23.7 Å². The Morgan fingerprint density at radius 3 is 2.47 bits per heavy atom. The lowest BCUT2D eigenvalue weighted by atomic mass is 9.69. The number of likely N-dealkylation sites (N-methyl/N-ethyl adjacent to an activating group) is 2. The van der Waals surface area contributed by atoms with E-state index >= 15 is 0 Å². The van der Waals surface area contributed by atoms with E-state index in [0.29, 0.717) is 29.6 Å². The van der Waals surface area contributed by atoms with Crippen LogP contribution in [0.1, 0.15) is 33.1 Å². The summed E-state index contributed by atoms with van der Waals surface area (Å²) < 4.78 is 6.00. The summed E-state index contributed by atoms with van der Waals surface area (Å²) in [6.07, 6.45) is 4.54. The summed E-state index contributed by atoms with van der Waals surface area (Å²) in [6.45, 7) is 10.3. The van der Waals surface area contributed by atoms with Gasteiger partial charge < -0.3 is 14.2 Å². The molecule has 1 aliphatic rings. The number of hydrogen-bond donors (Lipinski definition) is 0. The van der Waals surface area contributed by atoms with Crippen molar-refractivity contribution >= 4 is 0 Å². The Bertz CT molecular complexity index is 812. The predicted octanol–water partition coefficient (Wildman–Crippen LogP) is 4.63. The van der Waals surface area contributed by atoms with Crippen LogP contribution in [0.3, 0.4) is 0 Å². The third-order valence-electron chi connectivity index (χ3n) is 6.44. The van der Waals surface area contributed by atoms with E-state index in [1.54, 1.807) is 0 Å². The Balaban J connectivity index is 1.67. The molecule has 1 aliphatic carbocycles. The number of nitrogens with zero attached hydrogens (tertiary/aromatic N) is 4. The smallest absolute Gasteiger partial charge is 0.247 e. The monoisotopic (exact) mass is 410 g/mol. The van der Waals surface area contributed by atoms with Gasteiger partial charge in [0.15, 0.2) is 0 Å². The van der Waals surface area contributed by atoms with Gasteiger partial charge in [0.25, 0.3) is 0 Å². The zero-order chi connectivity index (χ0) is 21.7. The molecular weight excluding hydrogens is 372 g/mol. The van der Waals surface area contributed by atoms with Crippen molar-refractivity contribution in [2.75, 3.05) is 40.8 Å². The summed E-state index contributed by atoms with van der Waals surface area (Å²) in [5.74, 6) is 3.78. The van der Waals surface area contributed by atoms with Crippen LogP contribution in [0, 0.1) is 23.7 Å². The highest BCUT2D eigenvalue weighted by atomic mass is 16.4. The van der Waals surface area contributed by atoms with E-state index in [1.165, 1.54) is 12.0 Å². The zero-order valence-corrected chi connectivity index (χ0v) is 19.5. The molecule has 1 aromatic heterocycles. The Morgan fingerprint density at radius 2 is 1.80 bits per heavy atom. The van der Waals surface area contributed by atoms with E-state index in [-0.39, 0.29) is 0 Å². The fourth-order valence-corrected chi connectivity index (χ4v) is 4.55. The Morgan fingerprint density at radius 1 is 1.07 bits per heavy atom. The van der Waals surface area contributed by atoms with Gasteiger partial charge in [-0.15, -0.1) is 10.2 Å². The Hall–Kier alpha value is -1.98. The standard InChI is InChI=1S/C25H38N4O/c1-18(2)23-15-21(19(3)14-22(23)17-29(6)13-12-28(4)5)16-24-26-27-25(30-24)20-10-8-7-9-11-20/h7-11,14,18,21-23H,12-13,15-17H2,1-6H3. The van der Waals surface area contributed by atoms with Crippen molar-refractivity contribution < 1.29 is 4.42 Å². The quantitative estimate of drug-likeness (QED) is 0.564. The fourth-order valence-electron chi connectivity index (χ4n) is 4.55. The van der Waals surface area contributed by atoms with Gasteiger partial charge in [0, 0.05) is 31.6 Å². The molecule has 5 nitrogen and oxygen atoms in total. The number of rotatable bonds is 9. The van der Waals surface area contributed by atoms with Crippen LogP contribution in [0.4, 0.5) is 0 Å². The molecule has 0 fully saturated rings. The highest BCUT2D eigenvalue weighted by Gasteiger charge is 2.33. The summed E-state index contributed by atoms with van der Waals surface area (Å²) in [5, 5.41) is 8.62. The van der Waals surface area contributed by atoms with Crippen LogP contribution in [-0.4, -0.2) is 60.8 Å². The van der Waals surface area contributed by atoms with Crippen molar-refractivity contribution in [3.63, 3.8) is 0 Å². The molecule has 3 rings (SSSR count). The summed E-state index contributed by atoms with van der Waals surface area (Å²) >= 11 is 0. The predicted molar refractivity (Wildman–Crippen MR) is 123 cm³/mol. The van der Waals surface area contributed by atoms with E-state index in [4.69, 9.17) is 4.42 Å². The highest BCUT2D eigenvalue weighted by molar-refractivity contribution is 5.51. The molecule has 0 saturated heterocycles. The normalized spacial score (nSPS) is 22.2. The van der Waals surface area contributed by atoms with Gasteiger partial charge in [0.1, 0.15) is 0 Å². The largest absolute Gasteiger partial charge is 0.421 e. The van der Waals surface area contributed by atoms with Crippen molar-refractivity contribution in [1.29, 1.82) is 0 Å². The lowest BCUT2D eigenvalue weighted by molar-refractivity contribution is 0.170. The molecule has 0 saturated carbocycles. The lowest BCUT2D eigenvalue weighted by Crippen LogP contribution is -2.38. The first-order valence-corrected chi connectivity index (χ1v) is 11.2. The minimum atomic E-state index is 0.477. The summed E-state index contributed by atoms with van der Waals surface area (Å²) in [7, 11) is 6.53. The van der Waals surface area contributed by atoms with Gasteiger partial charge in [0.2, 0.25) is 11.8 Å². The molecule has 3 unspecified atom stereocenters. The van der Waals surface area contributed by atoms with E-state index < -0.39 is 0 Å². The van der Waals surface area contributed by atoms with Crippen LogP contribution < -0.4 is 0 Å². The molecule has 1 heterocycles. The first-order valence-electron chi connectivity index (χ1n) is 11.2. The van der Waals surface area contributed by atoms with Gasteiger partial charge >= 0.3 is 0 Å². The SMILES string of the molecule is CC1=CC(CN(C)CCN(C)C)C(C(C)C)CC1Cc1nnc(-c2ccccc2)o1. The van der Waals surface area contributed by atoms with Crippen molar-refractivity contribution in [3.05, 3.63) is 47.9 Å². The molecule has 0 amide bonds. The molecule has 1 aromatic carbocycles. The minimum Gasteiger partial charge on any atom is -0.421 e. The molecule has 0 aliphatic heterocycles. The van der Waals surface area contributed by atoms with Gasteiger partial charge in [-0.1, -0.05) is 43.7 Å². The van der Waals surface area contributed by atoms with Gasteiger partial charge in [-0.3, -0.25) is 0 Å². The molecule has 164 valence electrons. The second-order valence-corrected chi connectivity index (χ2v) is 9.55. The Kier molecular flexibility index (Phi) is 7.84. The number of aromatic nitrogens is 2. The Labute approximate surface area is 182 Å². The van der Waals surface area contributed by atoms with Crippen LogP contribution in [0.5, 0.6) is 0 Å². The van der Waals surface area contributed by atoms with Crippen LogP contribution >= 0.6 is 0 Å². The maximum Gasteiger partial charge on any atom is 0.247 e. The van der Waals surface area contributed by atoms with E-state index in [9.17, 15) is 0 Å². The molecular formula is C25H38N4O. The average Bonchev–Trinajstić information content (AvgIpc) is 3.17. The van der Waals surface area contributed by atoms with Gasteiger partial charge in [-0.05, 0) is 70.3 Å². The van der Waals surface area contributed by atoms with Crippen molar-refractivity contribution in [3.8, 4) is 11.5 Å².